The Kier molecular flexibility index (Phi) is 6.32. The smallest absolute Gasteiger partial charge is 0.293 e. The van der Waals surface area contributed by atoms with Gasteiger partial charge in [-0.1, -0.05) is 29.8 Å². The lowest BCUT2D eigenvalue weighted by molar-refractivity contribution is -0.123. The summed E-state index contributed by atoms with van der Waals surface area (Å²) in [7, 11) is 1.60. The van der Waals surface area contributed by atoms with Crippen LogP contribution in [0.3, 0.4) is 0 Å². The normalized spacial score (nSPS) is 18.4. The molecule has 0 aromatic heterocycles. The Hall–Kier alpha value is -2.48. The Bertz CT molecular complexity index is 1000. The summed E-state index contributed by atoms with van der Waals surface area (Å²) in [5, 5.41) is 0.218. The second-order valence-corrected chi connectivity index (χ2v) is 8.29. The van der Waals surface area contributed by atoms with Gasteiger partial charge in [0.05, 0.1) is 31.8 Å². The molecular weight excluding hydrogens is 424 g/mol. The van der Waals surface area contributed by atoms with Crippen LogP contribution in [-0.4, -0.2) is 49.5 Å². The topological polar surface area (TPSA) is 59.1 Å². The Labute approximate surface area is 184 Å². The van der Waals surface area contributed by atoms with Crippen molar-refractivity contribution in [3.8, 4) is 5.75 Å². The Morgan fingerprint density at radius 2 is 1.93 bits per heavy atom. The van der Waals surface area contributed by atoms with Gasteiger partial charge >= 0.3 is 0 Å². The molecule has 30 heavy (non-hydrogen) atoms. The predicted octanol–water partition coefficient (Wildman–Crippen LogP) is 4.42. The second-order valence-electron chi connectivity index (χ2n) is 6.88. The van der Waals surface area contributed by atoms with E-state index in [0.717, 1.165) is 41.7 Å². The maximum atomic E-state index is 12.9. The summed E-state index contributed by atoms with van der Waals surface area (Å²) in [5.74, 6) is 0.320. The SMILES string of the molecule is COc1cc(N2CCOCC2)ccc1/C=C1\SC(=O)N(Cc2ccccc2Cl)C1=O. The molecule has 0 saturated carbocycles. The molecule has 6 nitrogen and oxygen atoms in total. The van der Waals surface area contributed by atoms with Gasteiger partial charge in [0, 0.05) is 35.4 Å². The molecule has 0 N–H and O–H groups in total. The molecule has 0 bridgehead atoms. The summed E-state index contributed by atoms with van der Waals surface area (Å²) in [4.78, 5) is 29.1. The fourth-order valence-electron chi connectivity index (χ4n) is 3.41. The zero-order valence-corrected chi connectivity index (χ0v) is 18.0. The van der Waals surface area contributed by atoms with Crippen LogP contribution in [0, 0.1) is 0 Å². The number of amides is 2. The number of imide groups is 1. The van der Waals surface area contributed by atoms with E-state index in [1.165, 1.54) is 4.90 Å². The molecule has 2 aliphatic rings. The number of nitrogens with zero attached hydrogens (tertiary/aromatic N) is 2. The lowest BCUT2D eigenvalue weighted by Crippen LogP contribution is -2.36. The van der Waals surface area contributed by atoms with Crippen LogP contribution in [-0.2, 0) is 16.1 Å². The lowest BCUT2D eigenvalue weighted by Gasteiger charge is -2.29. The molecule has 2 aliphatic heterocycles. The van der Waals surface area contributed by atoms with Gasteiger partial charge in [0.15, 0.2) is 0 Å². The quantitative estimate of drug-likeness (QED) is 0.636. The number of hydrogen-bond acceptors (Lipinski definition) is 6. The molecule has 2 amide bonds. The fourth-order valence-corrected chi connectivity index (χ4v) is 4.44. The van der Waals surface area contributed by atoms with Crippen molar-refractivity contribution in [2.24, 2.45) is 0 Å². The van der Waals surface area contributed by atoms with Crippen LogP contribution in [0.4, 0.5) is 10.5 Å². The van der Waals surface area contributed by atoms with E-state index in [1.807, 2.05) is 36.4 Å². The van der Waals surface area contributed by atoms with E-state index in [9.17, 15) is 9.59 Å². The number of morpholine rings is 1. The van der Waals surface area contributed by atoms with Crippen molar-refractivity contribution in [2.45, 2.75) is 6.54 Å². The molecule has 2 aromatic rings. The number of anilines is 1. The van der Waals surface area contributed by atoms with Crippen molar-refractivity contribution in [1.82, 2.24) is 4.90 Å². The van der Waals surface area contributed by atoms with Gasteiger partial charge in [-0.2, -0.15) is 0 Å². The van der Waals surface area contributed by atoms with Gasteiger partial charge in [-0.15, -0.1) is 0 Å². The van der Waals surface area contributed by atoms with Crippen LogP contribution in [0.15, 0.2) is 47.4 Å². The zero-order valence-electron chi connectivity index (χ0n) is 16.5. The molecule has 0 unspecified atom stereocenters. The molecule has 2 heterocycles. The summed E-state index contributed by atoms with van der Waals surface area (Å²) in [6, 6.07) is 13.0. The average molecular weight is 445 g/mol. The van der Waals surface area contributed by atoms with E-state index in [-0.39, 0.29) is 17.7 Å². The number of hydrogen-bond donors (Lipinski definition) is 0. The van der Waals surface area contributed by atoms with E-state index >= 15 is 0 Å². The number of halogens is 1. The van der Waals surface area contributed by atoms with Gasteiger partial charge in [0.2, 0.25) is 0 Å². The molecule has 0 aliphatic carbocycles. The first-order chi connectivity index (χ1) is 14.6. The van der Waals surface area contributed by atoms with Crippen molar-refractivity contribution in [1.29, 1.82) is 0 Å². The van der Waals surface area contributed by atoms with Crippen molar-refractivity contribution >= 4 is 46.3 Å². The monoisotopic (exact) mass is 444 g/mol. The molecule has 2 aromatic carbocycles. The standard InChI is InChI=1S/C22H21ClN2O4S/c1-28-19-13-17(24-8-10-29-11-9-24)7-6-15(19)12-20-21(26)25(22(27)30-20)14-16-4-2-3-5-18(16)23/h2-7,12-13H,8-11,14H2,1H3/b20-12-. The first kappa shape index (κ1) is 20.8. The summed E-state index contributed by atoms with van der Waals surface area (Å²) in [6.07, 6.45) is 1.71. The van der Waals surface area contributed by atoms with Crippen molar-refractivity contribution in [2.75, 3.05) is 38.3 Å². The first-order valence-electron chi connectivity index (χ1n) is 9.56. The van der Waals surface area contributed by atoms with Gasteiger partial charge < -0.3 is 14.4 Å². The van der Waals surface area contributed by atoms with Gasteiger partial charge in [-0.25, -0.2) is 0 Å². The molecule has 4 rings (SSSR count). The average Bonchev–Trinajstić information content (AvgIpc) is 3.03. The highest BCUT2D eigenvalue weighted by molar-refractivity contribution is 8.18. The minimum atomic E-state index is -0.329. The molecule has 156 valence electrons. The van der Waals surface area contributed by atoms with E-state index in [4.69, 9.17) is 21.1 Å². The van der Waals surface area contributed by atoms with Crippen LogP contribution < -0.4 is 9.64 Å². The maximum Gasteiger partial charge on any atom is 0.293 e. The lowest BCUT2D eigenvalue weighted by atomic mass is 10.1. The Morgan fingerprint density at radius 1 is 1.17 bits per heavy atom. The molecule has 8 heteroatoms. The summed E-state index contributed by atoms with van der Waals surface area (Å²) in [6.45, 7) is 3.19. The van der Waals surface area contributed by atoms with Crippen LogP contribution in [0.5, 0.6) is 5.75 Å². The second kappa shape index (κ2) is 9.12. The molecule has 0 atom stereocenters. The predicted molar refractivity (Wildman–Crippen MR) is 119 cm³/mol. The van der Waals surface area contributed by atoms with E-state index in [1.54, 1.807) is 19.3 Å². The summed E-state index contributed by atoms with van der Waals surface area (Å²) >= 11 is 7.11. The number of methoxy groups -OCH3 is 1. The zero-order chi connectivity index (χ0) is 21.1. The van der Waals surface area contributed by atoms with E-state index in [0.29, 0.717) is 28.9 Å². The minimum Gasteiger partial charge on any atom is -0.496 e. The van der Waals surface area contributed by atoms with Crippen LogP contribution in [0.25, 0.3) is 6.08 Å². The number of carbonyl (C=O) groups excluding carboxylic acids is 2. The van der Waals surface area contributed by atoms with Crippen molar-refractivity contribution < 1.29 is 19.1 Å². The highest BCUT2D eigenvalue weighted by atomic mass is 35.5. The minimum absolute atomic E-state index is 0.148. The van der Waals surface area contributed by atoms with Crippen molar-refractivity contribution in [3.63, 3.8) is 0 Å². The Balaban J connectivity index is 1.56. The van der Waals surface area contributed by atoms with Crippen LogP contribution in [0.1, 0.15) is 11.1 Å². The largest absolute Gasteiger partial charge is 0.496 e. The highest BCUT2D eigenvalue weighted by Gasteiger charge is 2.35. The van der Waals surface area contributed by atoms with E-state index in [2.05, 4.69) is 4.90 Å². The van der Waals surface area contributed by atoms with Gasteiger partial charge in [0.1, 0.15) is 5.75 Å². The summed E-state index contributed by atoms with van der Waals surface area (Å²) < 4.78 is 11.0. The van der Waals surface area contributed by atoms with Gasteiger partial charge in [-0.05, 0) is 41.6 Å². The third kappa shape index (κ3) is 4.33. The third-order valence-corrected chi connectivity index (χ3v) is 6.32. The van der Waals surface area contributed by atoms with Gasteiger partial charge in [0.25, 0.3) is 11.1 Å². The summed E-state index contributed by atoms with van der Waals surface area (Å²) in [5.41, 5.74) is 2.52. The van der Waals surface area contributed by atoms with Crippen LogP contribution in [0.2, 0.25) is 5.02 Å². The van der Waals surface area contributed by atoms with Crippen LogP contribution >= 0.6 is 23.4 Å². The third-order valence-electron chi connectivity index (χ3n) is 5.04. The number of rotatable bonds is 5. The van der Waals surface area contributed by atoms with E-state index < -0.39 is 0 Å². The number of carbonyl (C=O) groups is 2. The molecule has 2 fully saturated rings. The number of thioether (sulfide) groups is 1. The molecule has 0 spiro atoms. The number of ether oxygens (including phenoxy) is 2. The highest BCUT2D eigenvalue weighted by Crippen LogP contribution is 2.36. The van der Waals surface area contributed by atoms with Crippen molar-refractivity contribution in [3.05, 3.63) is 63.5 Å². The Morgan fingerprint density at radius 3 is 2.67 bits per heavy atom. The molecule has 0 radical (unpaired) electrons. The fraction of sp³-hybridized carbons (Fsp3) is 0.273. The molecular formula is C22H21ClN2O4S. The maximum absolute atomic E-state index is 12.9. The molecule has 2 saturated heterocycles. The number of benzene rings is 2. The first-order valence-corrected chi connectivity index (χ1v) is 10.8. The van der Waals surface area contributed by atoms with Gasteiger partial charge in [-0.3, -0.25) is 14.5 Å².